The van der Waals surface area contributed by atoms with Crippen molar-refractivity contribution >= 4 is 0 Å². The summed E-state index contributed by atoms with van der Waals surface area (Å²) in [6.45, 7) is 7.92. The molecule has 1 saturated heterocycles. The molecule has 0 saturated carbocycles. The van der Waals surface area contributed by atoms with Crippen LogP contribution in [0.1, 0.15) is 32.6 Å². The molecule has 0 aliphatic carbocycles. The lowest BCUT2D eigenvalue weighted by atomic mass is 9.88. The smallest absolute Gasteiger partial charge is 0.0469 e. The highest BCUT2D eigenvalue weighted by molar-refractivity contribution is 4.97. The van der Waals surface area contributed by atoms with Crippen molar-refractivity contribution in [3.05, 3.63) is 12.2 Å². The summed E-state index contributed by atoms with van der Waals surface area (Å²) in [5, 5.41) is 0. The third-order valence-electron chi connectivity index (χ3n) is 3.06. The minimum Gasteiger partial charge on any atom is -0.381 e. The van der Waals surface area contributed by atoms with Gasteiger partial charge in [0, 0.05) is 19.3 Å². The molecule has 3 N–H and O–H groups in total. The number of hydrazine groups is 1. The highest BCUT2D eigenvalue weighted by Gasteiger charge is 2.23. The molecule has 82 valence electrons. The van der Waals surface area contributed by atoms with Crippen molar-refractivity contribution in [2.75, 3.05) is 13.2 Å². The number of hydrogen-bond acceptors (Lipinski definition) is 3. The van der Waals surface area contributed by atoms with Crippen LogP contribution in [0.15, 0.2) is 12.2 Å². The Bertz CT molecular complexity index is 176. The first-order valence-electron chi connectivity index (χ1n) is 5.48. The zero-order valence-corrected chi connectivity index (χ0v) is 9.09. The largest absolute Gasteiger partial charge is 0.381 e. The van der Waals surface area contributed by atoms with Crippen LogP contribution in [0.2, 0.25) is 0 Å². The van der Waals surface area contributed by atoms with Gasteiger partial charge in [-0.25, -0.2) is 0 Å². The summed E-state index contributed by atoms with van der Waals surface area (Å²) in [5.41, 5.74) is 4.20. The number of nitrogens with two attached hydrogens (primary N) is 1. The van der Waals surface area contributed by atoms with Crippen molar-refractivity contribution in [2.24, 2.45) is 11.8 Å². The first kappa shape index (κ1) is 11.7. The molecule has 1 unspecified atom stereocenters. The average molecular weight is 198 g/mol. The molecule has 1 fully saturated rings. The second-order valence-corrected chi connectivity index (χ2v) is 4.03. The van der Waals surface area contributed by atoms with Crippen LogP contribution in [0.25, 0.3) is 0 Å². The van der Waals surface area contributed by atoms with E-state index in [-0.39, 0.29) is 0 Å². The van der Waals surface area contributed by atoms with Gasteiger partial charge in [0.05, 0.1) is 0 Å². The molecule has 0 spiro atoms. The zero-order valence-electron chi connectivity index (χ0n) is 9.09. The molecule has 1 heterocycles. The Morgan fingerprint density at radius 1 is 1.57 bits per heavy atom. The average Bonchev–Trinajstić information content (AvgIpc) is 2.26. The van der Waals surface area contributed by atoms with Crippen molar-refractivity contribution in [3.63, 3.8) is 0 Å². The van der Waals surface area contributed by atoms with Crippen molar-refractivity contribution in [3.8, 4) is 0 Å². The Hall–Kier alpha value is -0.380. The van der Waals surface area contributed by atoms with E-state index in [9.17, 15) is 0 Å². The summed E-state index contributed by atoms with van der Waals surface area (Å²) in [7, 11) is 0. The van der Waals surface area contributed by atoms with Crippen molar-refractivity contribution in [2.45, 2.75) is 38.6 Å². The van der Waals surface area contributed by atoms with E-state index in [4.69, 9.17) is 10.6 Å². The molecule has 0 radical (unpaired) electrons. The van der Waals surface area contributed by atoms with Crippen LogP contribution in [-0.4, -0.2) is 19.3 Å². The van der Waals surface area contributed by atoms with Crippen LogP contribution < -0.4 is 11.3 Å². The monoisotopic (exact) mass is 198 g/mol. The van der Waals surface area contributed by atoms with E-state index < -0.39 is 0 Å². The van der Waals surface area contributed by atoms with E-state index in [0.29, 0.717) is 12.0 Å². The summed E-state index contributed by atoms with van der Waals surface area (Å²) in [6, 6.07) is 0.381. The van der Waals surface area contributed by atoms with E-state index >= 15 is 0 Å². The third-order valence-corrected chi connectivity index (χ3v) is 3.06. The molecule has 1 aliphatic heterocycles. The molecular formula is C11H22N2O. The van der Waals surface area contributed by atoms with Crippen LogP contribution in [0.5, 0.6) is 0 Å². The minimum absolute atomic E-state index is 0.381. The van der Waals surface area contributed by atoms with Crippen molar-refractivity contribution < 1.29 is 4.74 Å². The van der Waals surface area contributed by atoms with Gasteiger partial charge >= 0.3 is 0 Å². The maximum atomic E-state index is 5.57. The third kappa shape index (κ3) is 3.40. The molecule has 1 rings (SSSR count). The Balaban J connectivity index is 2.39. The lowest BCUT2D eigenvalue weighted by Gasteiger charge is -2.30. The van der Waals surface area contributed by atoms with Gasteiger partial charge < -0.3 is 4.74 Å². The summed E-state index contributed by atoms with van der Waals surface area (Å²) >= 11 is 0. The van der Waals surface area contributed by atoms with E-state index in [2.05, 4.69) is 18.9 Å². The van der Waals surface area contributed by atoms with E-state index in [1.54, 1.807) is 0 Å². The fourth-order valence-corrected chi connectivity index (χ4v) is 1.94. The van der Waals surface area contributed by atoms with Crippen LogP contribution in [0, 0.1) is 5.92 Å². The quantitative estimate of drug-likeness (QED) is 0.401. The summed E-state index contributed by atoms with van der Waals surface area (Å²) in [5.74, 6) is 6.22. The normalized spacial score (nSPS) is 20.7. The highest BCUT2D eigenvalue weighted by Crippen LogP contribution is 2.22. The number of rotatable bonds is 5. The zero-order chi connectivity index (χ0) is 10.4. The predicted molar refractivity (Wildman–Crippen MR) is 58.7 cm³/mol. The molecule has 0 aromatic carbocycles. The maximum Gasteiger partial charge on any atom is 0.0469 e. The molecule has 0 bridgehead atoms. The first-order valence-corrected chi connectivity index (χ1v) is 5.48. The molecule has 1 atom stereocenters. The van der Waals surface area contributed by atoms with Crippen LogP contribution in [0.3, 0.4) is 0 Å². The van der Waals surface area contributed by atoms with Gasteiger partial charge in [0.1, 0.15) is 0 Å². The summed E-state index contributed by atoms with van der Waals surface area (Å²) in [4.78, 5) is 0. The van der Waals surface area contributed by atoms with Crippen molar-refractivity contribution in [1.82, 2.24) is 5.43 Å². The van der Waals surface area contributed by atoms with Gasteiger partial charge in [-0.05, 0) is 31.6 Å². The Morgan fingerprint density at radius 2 is 2.21 bits per heavy atom. The Labute approximate surface area is 86.7 Å². The first-order chi connectivity index (χ1) is 6.77. The number of hydrogen-bond donors (Lipinski definition) is 2. The second kappa shape index (κ2) is 6.17. The van der Waals surface area contributed by atoms with Gasteiger partial charge in [-0.3, -0.25) is 11.3 Å². The minimum atomic E-state index is 0.381. The topological polar surface area (TPSA) is 47.3 Å². The van der Waals surface area contributed by atoms with Crippen molar-refractivity contribution in [1.29, 1.82) is 0 Å². The van der Waals surface area contributed by atoms with E-state index in [1.807, 2.05) is 0 Å². The van der Waals surface area contributed by atoms with Crippen LogP contribution in [0.4, 0.5) is 0 Å². The fraction of sp³-hybridized carbons (Fsp3) is 0.818. The van der Waals surface area contributed by atoms with Gasteiger partial charge in [0.15, 0.2) is 0 Å². The van der Waals surface area contributed by atoms with Gasteiger partial charge in [-0.15, -0.1) is 0 Å². The summed E-state index contributed by atoms with van der Waals surface area (Å²) < 4.78 is 5.33. The molecule has 14 heavy (non-hydrogen) atoms. The molecule has 3 heteroatoms. The molecular weight excluding hydrogens is 176 g/mol. The Morgan fingerprint density at radius 3 is 2.71 bits per heavy atom. The molecule has 0 aromatic rings. The van der Waals surface area contributed by atoms with Gasteiger partial charge in [-0.1, -0.05) is 19.1 Å². The molecule has 3 nitrogen and oxygen atoms in total. The summed E-state index contributed by atoms with van der Waals surface area (Å²) in [6.07, 6.45) is 4.27. The molecule has 0 amide bonds. The van der Waals surface area contributed by atoms with E-state index in [1.165, 1.54) is 5.57 Å². The van der Waals surface area contributed by atoms with Gasteiger partial charge in [-0.2, -0.15) is 0 Å². The number of nitrogens with one attached hydrogen (secondary N) is 1. The highest BCUT2D eigenvalue weighted by atomic mass is 16.5. The SMILES string of the molecule is C=C(CC)CC(NN)C1CCOCC1. The van der Waals surface area contributed by atoms with Gasteiger partial charge in [0.25, 0.3) is 0 Å². The molecule has 1 aliphatic rings. The maximum absolute atomic E-state index is 5.57. The van der Waals surface area contributed by atoms with Gasteiger partial charge in [0.2, 0.25) is 0 Å². The lowest BCUT2D eigenvalue weighted by Crippen LogP contribution is -2.43. The predicted octanol–water partition coefficient (Wildman–Crippen LogP) is 1.60. The van der Waals surface area contributed by atoms with Crippen LogP contribution in [-0.2, 0) is 4.74 Å². The number of ether oxygens (including phenoxy) is 1. The standard InChI is InChI=1S/C11H22N2O/c1-3-9(2)8-11(13-12)10-4-6-14-7-5-10/h10-11,13H,2-8,12H2,1H3. The fourth-order valence-electron chi connectivity index (χ4n) is 1.94. The lowest BCUT2D eigenvalue weighted by molar-refractivity contribution is 0.0537. The van der Waals surface area contributed by atoms with E-state index in [0.717, 1.165) is 38.9 Å². The second-order valence-electron chi connectivity index (χ2n) is 4.03. The molecule has 0 aromatic heterocycles. The van der Waals surface area contributed by atoms with Crippen LogP contribution >= 0.6 is 0 Å². The Kier molecular flexibility index (Phi) is 5.15.